The third-order valence-electron chi connectivity index (χ3n) is 2.12. The number of carboxylic acids is 1. The van der Waals surface area contributed by atoms with E-state index in [2.05, 4.69) is 9.97 Å². The van der Waals surface area contributed by atoms with Crippen LogP contribution in [0, 0.1) is 10.1 Å². The van der Waals surface area contributed by atoms with E-state index in [1.807, 2.05) is 0 Å². The maximum absolute atomic E-state index is 11.0. The molecule has 0 radical (unpaired) electrons. The first kappa shape index (κ1) is 13.8. The number of furan rings is 1. The smallest absolute Gasteiger partial charge is 0.371 e. The zero-order valence-electron chi connectivity index (χ0n) is 9.97. The highest BCUT2D eigenvalue weighted by atomic mass is 32.2. The summed E-state index contributed by atoms with van der Waals surface area (Å²) in [6.45, 7) is 0. The van der Waals surface area contributed by atoms with Crippen LogP contribution in [0.3, 0.4) is 0 Å². The molecular formula is C10H7N3O6S. The fourth-order valence-corrected chi connectivity index (χ4v) is 2.13. The van der Waals surface area contributed by atoms with Crippen LogP contribution in [-0.4, -0.2) is 33.1 Å². The zero-order valence-corrected chi connectivity index (χ0v) is 10.8. The lowest BCUT2D eigenvalue weighted by Gasteiger charge is -2.02. The number of nitrogens with zero attached hydrogens (tertiary/aromatic N) is 3. The summed E-state index contributed by atoms with van der Waals surface area (Å²) in [6.07, 6.45) is 1.11. The van der Waals surface area contributed by atoms with Crippen molar-refractivity contribution >= 4 is 23.4 Å². The van der Waals surface area contributed by atoms with Crippen LogP contribution in [0.2, 0.25) is 0 Å². The van der Waals surface area contributed by atoms with Gasteiger partial charge in [-0.3, -0.25) is 10.1 Å². The van der Waals surface area contributed by atoms with Crippen LogP contribution in [0.4, 0.5) is 5.69 Å². The zero-order chi connectivity index (χ0) is 14.7. The maximum Gasteiger partial charge on any atom is 0.371 e. The Morgan fingerprint density at radius 2 is 2.25 bits per heavy atom. The number of hydrogen-bond donors (Lipinski definition) is 1. The van der Waals surface area contributed by atoms with Crippen molar-refractivity contribution in [1.82, 2.24) is 9.97 Å². The van der Waals surface area contributed by atoms with Gasteiger partial charge < -0.3 is 14.3 Å². The van der Waals surface area contributed by atoms with Gasteiger partial charge in [0.1, 0.15) is 6.33 Å². The minimum atomic E-state index is -1.23. The molecular weight excluding hydrogens is 290 g/mol. The van der Waals surface area contributed by atoms with Gasteiger partial charge in [0.25, 0.3) is 5.88 Å². The van der Waals surface area contributed by atoms with Gasteiger partial charge in [0.05, 0.1) is 12.0 Å². The van der Waals surface area contributed by atoms with Crippen LogP contribution in [-0.2, 0) is 0 Å². The second-order valence-corrected chi connectivity index (χ2v) is 4.31. The van der Waals surface area contributed by atoms with Crippen molar-refractivity contribution in [1.29, 1.82) is 0 Å². The molecule has 0 aliphatic heterocycles. The van der Waals surface area contributed by atoms with E-state index in [0.29, 0.717) is 0 Å². The predicted octanol–water partition coefficient (Wildman–Crippen LogP) is 1.84. The molecule has 0 aliphatic rings. The Morgan fingerprint density at radius 3 is 2.80 bits per heavy atom. The second-order valence-electron chi connectivity index (χ2n) is 3.32. The average molecular weight is 297 g/mol. The summed E-state index contributed by atoms with van der Waals surface area (Å²) < 4.78 is 9.79. The molecule has 9 nitrogen and oxygen atoms in total. The van der Waals surface area contributed by atoms with Crippen LogP contribution >= 0.6 is 11.8 Å². The molecule has 1 N–H and O–H groups in total. The topological polar surface area (TPSA) is 129 Å². The molecule has 0 saturated carbocycles. The molecule has 2 rings (SSSR count). The molecule has 20 heavy (non-hydrogen) atoms. The molecule has 0 amide bonds. The van der Waals surface area contributed by atoms with Gasteiger partial charge in [0.2, 0.25) is 5.76 Å². The van der Waals surface area contributed by atoms with Crippen LogP contribution in [0.1, 0.15) is 10.6 Å². The minimum Gasteiger partial charge on any atom is -0.476 e. The number of nitro groups is 1. The number of aromatic nitrogens is 2. The van der Waals surface area contributed by atoms with Crippen molar-refractivity contribution in [3.63, 3.8) is 0 Å². The van der Waals surface area contributed by atoms with Gasteiger partial charge in [-0.15, -0.1) is 0 Å². The summed E-state index contributed by atoms with van der Waals surface area (Å²) in [5.74, 6) is -1.68. The lowest BCUT2D eigenvalue weighted by molar-refractivity contribution is -0.389. The SMILES string of the molecule is COc1ncnc(Sc2ccc(C(=O)O)o2)c1[N+](=O)[O-]. The Bertz CT molecular complexity index is 671. The van der Waals surface area contributed by atoms with E-state index in [0.717, 1.165) is 18.1 Å². The molecule has 10 heteroatoms. The number of methoxy groups -OCH3 is 1. The highest BCUT2D eigenvalue weighted by Crippen LogP contribution is 2.37. The van der Waals surface area contributed by atoms with E-state index in [9.17, 15) is 14.9 Å². The molecule has 104 valence electrons. The van der Waals surface area contributed by atoms with E-state index in [1.54, 1.807) is 0 Å². The van der Waals surface area contributed by atoms with E-state index in [-0.39, 0.29) is 21.8 Å². The van der Waals surface area contributed by atoms with Crippen molar-refractivity contribution in [2.45, 2.75) is 10.1 Å². The Balaban J connectivity index is 2.37. The van der Waals surface area contributed by atoms with Crippen LogP contribution in [0.5, 0.6) is 5.88 Å². The Morgan fingerprint density at radius 1 is 1.50 bits per heavy atom. The summed E-state index contributed by atoms with van der Waals surface area (Å²) in [5, 5.41) is 19.9. The number of carboxylic acid groups (broad SMARTS) is 1. The lowest BCUT2D eigenvalue weighted by atomic mass is 10.5. The first-order valence-electron chi connectivity index (χ1n) is 5.07. The third kappa shape index (κ3) is 2.69. The van der Waals surface area contributed by atoms with Crippen molar-refractivity contribution in [2.75, 3.05) is 7.11 Å². The highest BCUT2D eigenvalue weighted by molar-refractivity contribution is 7.99. The fourth-order valence-electron chi connectivity index (χ4n) is 1.31. The molecule has 2 aromatic rings. The summed E-state index contributed by atoms with van der Waals surface area (Å²) >= 11 is 0.808. The Labute approximate surface area is 115 Å². The van der Waals surface area contributed by atoms with Gasteiger partial charge in [-0.1, -0.05) is 0 Å². The van der Waals surface area contributed by atoms with Crippen molar-refractivity contribution in [2.24, 2.45) is 0 Å². The number of carbonyl (C=O) groups is 1. The molecule has 0 atom stereocenters. The van der Waals surface area contributed by atoms with Crippen molar-refractivity contribution < 1.29 is 24.0 Å². The summed E-state index contributed by atoms with van der Waals surface area (Å²) in [7, 11) is 1.25. The standard InChI is InChI=1S/C10H7N3O6S/c1-18-8-7(13(16)17)9(12-4-11-8)20-6-3-2-5(19-6)10(14)15/h2-4H,1H3,(H,14,15). The second kappa shape index (κ2) is 5.57. The quantitative estimate of drug-likeness (QED) is 0.499. The van der Waals surface area contributed by atoms with Crippen molar-refractivity contribution in [3.8, 4) is 5.88 Å². The van der Waals surface area contributed by atoms with E-state index in [1.165, 1.54) is 19.2 Å². The van der Waals surface area contributed by atoms with E-state index >= 15 is 0 Å². The van der Waals surface area contributed by atoms with Gasteiger partial charge in [-0.2, -0.15) is 4.98 Å². The molecule has 2 heterocycles. The first-order valence-corrected chi connectivity index (χ1v) is 5.89. The predicted molar refractivity (Wildman–Crippen MR) is 65.0 cm³/mol. The van der Waals surface area contributed by atoms with Crippen LogP contribution in [0.25, 0.3) is 0 Å². The molecule has 2 aromatic heterocycles. The molecule has 0 spiro atoms. The summed E-state index contributed by atoms with van der Waals surface area (Å²) in [4.78, 5) is 28.4. The monoisotopic (exact) mass is 297 g/mol. The number of ether oxygens (including phenoxy) is 1. The number of rotatable bonds is 5. The van der Waals surface area contributed by atoms with Gasteiger partial charge in [0.15, 0.2) is 10.1 Å². The fraction of sp³-hybridized carbons (Fsp3) is 0.100. The first-order chi connectivity index (χ1) is 9.52. The molecule has 0 bridgehead atoms. The average Bonchev–Trinajstić information content (AvgIpc) is 2.86. The molecule has 0 saturated heterocycles. The normalized spacial score (nSPS) is 10.2. The molecule has 0 unspecified atom stereocenters. The van der Waals surface area contributed by atoms with Crippen LogP contribution < -0.4 is 4.74 Å². The summed E-state index contributed by atoms with van der Waals surface area (Å²) in [6, 6.07) is 2.63. The third-order valence-corrected chi connectivity index (χ3v) is 3.03. The van der Waals surface area contributed by atoms with Crippen molar-refractivity contribution in [3.05, 3.63) is 34.3 Å². The number of aromatic carboxylic acids is 1. The Hall–Kier alpha value is -2.62. The van der Waals surface area contributed by atoms with Gasteiger partial charge in [-0.05, 0) is 23.9 Å². The maximum atomic E-state index is 11.0. The molecule has 0 aliphatic carbocycles. The Kier molecular flexibility index (Phi) is 3.84. The van der Waals surface area contributed by atoms with Gasteiger partial charge >= 0.3 is 11.7 Å². The number of hydrogen-bond acceptors (Lipinski definition) is 8. The van der Waals surface area contributed by atoms with Gasteiger partial charge in [0, 0.05) is 0 Å². The minimum absolute atomic E-state index is 0.00635. The van der Waals surface area contributed by atoms with E-state index in [4.69, 9.17) is 14.3 Å². The molecule has 0 aromatic carbocycles. The largest absolute Gasteiger partial charge is 0.476 e. The van der Waals surface area contributed by atoms with E-state index < -0.39 is 16.6 Å². The molecule has 0 fully saturated rings. The summed E-state index contributed by atoms with van der Waals surface area (Å²) in [5.41, 5.74) is -0.409. The lowest BCUT2D eigenvalue weighted by Crippen LogP contribution is -1.99. The van der Waals surface area contributed by atoms with Crippen LogP contribution in [0.15, 0.2) is 33.0 Å². The van der Waals surface area contributed by atoms with Gasteiger partial charge in [-0.25, -0.2) is 9.78 Å². The highest BCUT2D eigenvalue weighted by Gasteiger charge is 2.25.